The molecular formula is C16H21NO. The molecule has 0 saturated heterocycles. The first-order valence-corrected chi connectivity index (χ1v) is 6.76. The van der Waals surface area contributed by atoms with E-state index >= 15 is 0 Å². The second-order valence-corrected chi connectivity index (χ2v) is 4.94. The van der Waals surface area contributed by atoms with E-state index in [-0.39, 0.29) is 6.10 Å². The average molecular weight is 243 g/mol. The maximum absolute atomic E-state index is 5.68. The summed E-state index contributed by atoms with van der Waals surface area (Å²) in [6, 6.07) is 7.96. The minimum absolute atomic E-state index is 0.0445. The molecule has 0 aliphatic heterocycles. The van der Waals surface area contributed by atoms with E-state index < -0.39 is 0 Å². The van der Waals surface area contributed by atoms with Crippen LogP contribution in [0.3, 0.4) is 0 Å². The zero-order valence-corrected chi connectivity index (χ0v) is 11.0. The average Bonchev–Trinajstić information content (AvgIpc) is 2.90. The highest BCUT2D eigenvalue weighted by molar-refractivity contribution is 5.40. The topological polar surface area (TPSA) is 35.2 Å². The van der Waals surface area contributed by atoms with Crippen molar-refractivity contribution in [1.82, 2.24) is 0 Å². The Labute approximate surface area is 110 Å². The molecule has 0 radical (unpaired) electrons. The lowest BCUT2D eigenvalue weighted by atomic mass is 10.1. The van der Waals surface area contributed by atoms with Crippen molar-refractivity contribution in [2.75, 3.05) is 6.54 Å². The predicted octanol–water partition coefficient (Wildman–Crippen LogP) is 2.95. The molecule has 1 aromatic rings. The summed E-state index contributed by atoms with van der Waals surface area (Å²) in [6.07, 6.45) is 5.22. The first kappa shape index (κ1) is 13.0. The van der Waals surface area contributed by atoms with E-state index in [9.17, 15) is 0 Å². The molecule has 1 atom stereocenters. The molecule has 96 valence electrons. The molecule has 2 rings (SSSR count). The summed E-state index contributed by atoms with van der Waals surface area (Å²) < 4.78 is 5.68. The molecule has 2 N–H and O–H groups in total. The molecule has 2 heteroatoms. The largest absolute Gasteiger partial charge is 0.489 e. The Morgan fingerprint density at radius 1 is 1.39 bits per heavy atom. The van der Waals surface area contributed by atoms with Crippen LogP contribution in [0.2, 0.25) is 0 Å². The van der Waals surface area contributed by atoms with Crippen LogP contribution in [-0.4, -0.2) is 12.6 Å². The molecule has 1 saturated carbocycles. The fraction of sp³-hybridized carbons (Fsp3) is 0.500. The number of benzene rings is 1. The fourth-order valence-electron chi connectivity index (χ4n) is 2.18. The summed E-state index contributed by atoms with van der Waals surface area (Å²) in [7, 11) is 0. The first-order valence-electron chi connectivity index (χ1n) is 6.76. The second kappa shape index (κ2) is 6.47. The number of hydrogen-bond donors (Lipinski definition) is 1. The van der Waals surface area contributed by atoms with Gasteiger partial charge in [-0.3, -0.25) is 0 Å². The standard InChI is InChI=1S/C16H21NO/c1-13(12-17)18-16-8-4-7-15(11-16)10-9-14-5-2-3-6-14/h4,7-8,11,13-14H,2-3,5-6,12,17H2,1H3. The van der Waals surface area contributed by atoms with Crippen molar-refractivity contribution in [2.24, 2.45) is 11.7 Å². The van der Waals surface area contributed by atoms with Crippen LogP contribution in [0.25, 0.3) is 0 Å². The van der Waals surface area contributed by atoms with Gasteiger partial charge in [0.2, 0.25) is 0 Å². The molecule has 1 aliphatic rings. The minimum Gasteiger partial charge on any atom is -0.489 e. The first-order chi connectivity index (χ1) is 8.78. The van der Waals surface area contributed by atoms with Gasteiger partial charge in [0, 0.05) is 18.0 Å². The molecule has 1 fully saturated rings. The Morgan fingerprint density at radius 2 is 2.17 bits per heavy atom. The van der Waals surface area contributed by atoms with Gasteiger partial charge in [0.15, 0.2) is 0 Å². The van der Waals surface area contributed by atoms with Crippen LogP contribution in [0, 0.1) is 17.8 Å². The maximum atomic E-state index is 5.68. The second-order valence-electron chi connectivity index (χ2n) is 4.94. The van der Waals surface area contributed by atoms with Crippen LogP contribution < -0.4 is 10.5 Å². The molecule has 1 unspecified atom stereocenters. The van der Waals surface area contributed by atoms with Crippen molar-refractivity contribution in [1.29, 1.82) is 0 Å². The van der Waals surface area contributed by atoms with Crippen LogP contribution in [0.15, 0.2) is 24.3 Å². The van der Waals surface area contributed by atoms with Crippen molar-refractivity contribution in [3.63, 3.8) is 0 Å². The number of hydrogen-bond acceptors (Lipinski definition) is 2. The highest BCUT2D eigenvalue weighted by Crippen LogP contribution is 2.24. The highest BCUT2D eigenvalue weighted by Gasteiger charge is 2.11. The summed E-state index contributed by atoms with van der Waals surface area (Å²) >= 11 is 0. The molecule has 0 spiro atoms. The van der Waals surface area contributed by atoms with Crippen LogP contribution in [-0.2, 0) is 0 Å². The fourth-order valence-corrected chi connectivity index (χ4v) is 2.18. The van der Waals surface area contributed by atoms with Gasteiger partial charge >= 0.3 is 0 Å². The maximum Gasteiger partial charge on any atom is 0.121 e. The SMILES string of the molecule is CC(CN)Oc1cccc(C#CC2CCCC2)c1. The monoisotopic (exact) mass is 243 g/mol. The third kappa shape index (κ3) is 3.78. The Hall–Kier alpha value is -1.46. The van der Waals surface area contributed by atoms with E-state index in [0.29, 0.717) is 12.5 Å². The minimum atomic E-state index is 0.0445. The number of nitrogens with two attached hydrogens (primary N) is 1. The normalized spacial score (nSPS) is 17.0. The van der Waals surface area contributed by atoms with E-state index in [0.717, 1.165) is 11.3 Å². The van der Waals surface area contributed by atoms with E-state index in [1.165, 1.54) is 25.7 Å². The molecule has 1 aliphatic carbocycles. The lowest BCUT2D eigenvalue weighted by molar-refractivity contribution is 0.230. The smallest absolute Gasteiger partial charge is 0.121 e. The zero-order chi connectivity index (χ0) is 12.8. The molecule has 0 amide bonds. The molecule has 18 heavy (non-hydrogen) atoms. The van der Waals surface area contributed by atoms with Crippen molar-refractivity contribution >= 4 is 0 Å². The summed E-state index contributed by atoms with van der Waals surface area (Å²) in [5, 5.41) is 0. The Balaban J connectivity index is 2.02. The molecular weight excluding hydrogens is 222 g/mol. The Kier molecular flexibility index (Phi) is 4.66. The Morgan fingerprint density at radius 3 is 2.89 bits per heavy atom. The summed E-state index contributed by atoms with van der Waals surface area (Å²) in [5.74, 6) is 8.07. The summed E-state index contributed by atoms with van der Waals surface area (Å²) in [5.41, 5.74) is 6.58. The Bertz CT molecular complexity index is 438. The van der Waals surface area contributed by atoms with Gasteiger partial charge in [-0.2, -0.15) is 0 Å². The molecule has 0 heterocycles. The van der Waals surface area contributed by atoms with Crippen LogP contribution in [0.5, 0.6) is 5.75 Å². The van der Waals surface area contributed by atoms with Gasteiger partial charge in [0.05, 0.1) is 0 Å². The van der Waals surface area contributed by atoms with E-state index in [1.54, 1.807) is 0 Å². The molecule has 0 bridgehead atoms. The van der Waals surface area contributed by atoms with Gasteiger partial charge in [0.25, 0.3) is 0 Å². The zero-order valence-electron chi connectivity index (χ0n) is 11.0. The lowest BCUT2D eigenvalue weighted by Gasteiger charge is -2.12. The number of rotatable bonds is 3. The third-order valence-corrected chi connectivity index (χ3v) is 3.28. The van der Waals surface area contributed by atoms with Gasteiger partial charge in [-0.05, 0) is 38.0 Å². The van der Waals surface area contributed by atoms with Crippen molar-refractivity contribution in [3.8, 4) is 17.6 Å². The van der Waals surface area contributed by atoms with E-state index in [4.69, 9.17) is 10.5 Å². The van der Waals surface area contributed by atoms with E-state index in [1.807, 2.05) is 31.2 Å². The lowest BCUT2D eigenvalue weighted by Crippen LogP contribution is -2.22. The van der Waals surface area contributed by atoms with Gasteiger partial charge < -0.3 is 10.5 Å². The van der Waals surface area contributed by atoms with Crippen LogP contribution in [0.1, 0.15) is 38.2 Å². The van der Waals surface area contributed by atoms with Gasteiger partial charge in [0.1, 0.15) is 11.9 Å². The highest BCUT2D eigenvalue weighted by atomic mass is 16.5. The molecule has 0 aromatic heterocycles. The summed E-state index contributed by atoms with van der Waals surface area (Å²) in [6.45, 7) is 2.49. The molecule has 2 nitrogen and oxygen atoms in total. The molecule has 1 aromatic carbocycles. The number of ether oxygens (including phenoxy) is 1. The van der Waals surface area contributed by atoms with E-state index in [2.05, 4.69) is 11.8 Å². The van der Waals surface area contributed by atoms with Crippen LogP contribution >= 0.6 is 0 Å². The van der Waals surface area contributed by atoms with Crippen molar-refractivity contribution < 1.29 is 4.74 Å². The summed E-state index contributed by atoms with van der Waals surface area (Å²) in [4.78, 5) is 0. The van der Waals surface area contributed by atoms with Gasteiger partial charge in [-0.1, -0.05) is 30.7 Å². The predicted molar refractivity (Wildman–Crippen MR) is 74.4 cm³/mol. The van der Waals surface area contributed by atoms with Crippen molar-refractivity contribution in [3.05, 3.63) is 29.8 Å². The van der Waals surface area contributed by atoms with Crippen molar-refractivity contribution in [2.45, 2.75) is 38.7 Å². The van der Waals surface area contributed by atoms with Gasteiger partial charge in [-0.25, -0.2) is 0 Å². The quantitative estimate of drug-likeness (QED) is 0.828. The third-order valence-electron chi connectivity index (χ3n) is 3.28. The van der Waals surface area contributed by atoms with Crippen LogP contribution in [0.4, 0.5) is 0 Å². The van der Waals surface area contributed by atoms with Gasteiger partial charge in [-0.15, -0.1) is 0 Å².